The van der Waals surface area contributed by atoms with Crippen LogP contribution in [-0.2, 0) is 19.1 Å². The molecule has 0 amide bonds. The number of esters is 2. The Labute approximate surface area is 91.4 Å². The Morgan fingerprint density at radius 1 is 1.50 bits per heavy atom. The second kappa shape index (κ2) is 6.59. The van der Waals surface area contributed by atoms with Gasteiger partial charge in [-0.1, -0.05) is 22.5 Å². The fourth-order valence-electron chi connectivity index (χ4n) is 0.595. The molecule has 0 heterocycles. The van der Waals surface area contributed by atoms with Crippen LogP contribution in [0.5, 0.6) is 0 Å². The third kappa shape index (κ3) is 6.65. The van der Waals surface area contributed by atoms with Crippen molar-refractivity contribution >= 4 is 27.9 Å². The minimum Gasteiger partial charge on any atom is -0.464 e. The van der Waals surface area contributed by atoms with E-state index in [2.05, 4.69) is 27.2 Å². The standard InChI is InChI=1S/C9H13BrO4/c1-6(2)14-8(11)4-5-13-9(12)7(3)10/h7H,1,4-5H2,2-3H3. The quantitative estimate of drug-likeness (QED) is 0.432. The molecule has 0 bridgehead atoms. The molecule has 0 radical (unpaired) electrons. The SMILES string of the molecule is C=C(C)OC(=O)CCOC(=O)C(C)Br. The third-order valence-corrected chi connectivity index (χ3v) is 1.54. The summed E-state index contributed by atoms with van der Waals surface area (Å²) in [5.74, 6) is -0.518. The van der Waals surface area contributed by atoms with Gasteiger partial charge >= 0.3 is 11.9 Å². The first-order valence-corrected chi connectivity index (χ1v) is 5.02. The fraction of sp³-hybridized carbons (Fsp3) is 0.556. The maximum atomic E-state index is 10.9. The predicted octanol–water partition coefficient (Wildman–Crippen LogP) is 1.78. The van der Waals surface area contributed by atoms with Crippen molar-refractivity contribution in [1.82, 2.24) is 0 Å². The minimum atomic E-state index is -0.451. The molecule has 0 aliphatic rings. The second-order valence-electron chi connectivity index (χ2n) is 2.71. The number of rotatable bonds is 5. The van der Waals surface area contributed by atoms with Crippen molar-refractivity contribution in [2.75, 3.05) is 6.61 Å². The van der Waals surface area contributed by atoms with Gasteiger partial charge in [-0.05, 0) is 13.8 Å². The van der Waals surface area contributed by atoms with Crippen LogP contribution in [0.15, 0.2) is 12.3 Å². The highest BCUT2D eigenvalue weighted by Crippen LogP contribution is 2.01. The van der Waals surface area contributed by atoms with Crippen molar-refractivity contribution in [2.45, 2.75) is 25.1 Å². The fourth-order valence-corrected chi connectivity index (χ4v) is 0.727. The maximum absolute atomic E-state index is 10.9. The molecule has 0 aromatic heterocycles. The van der Waals surface area contributed by atoms with Crippen LogP contribution in [0.1, 0.15) is 20.3 Å². The first kappa shape index (κ1) is 13.2. The van der Waals surface area contributed by atoms with Gasteiger partial charge in [-0.15, -0.1) is 0 Å². The van der Waals surface area contributed by atoms with Crippen molar-refractivity contribution in [3.8, 4) is 0 Å². The highest BCUT2D eigenvalue weighted by molar-refractivity contribution is 9.10. The van der Waals surface area contributed by atoms with Crippen LogP contribution >= 0.6 is 15.9 Å². The van der Waals surface area contributed by atoms with Crippen molar-refractivity contribution in [3.05, 3.63) is 12.3 Å². The first-order valence-electron chi connectivity index (χ1n) is 4.10. The van der Waals surface area contributed by atoms with E-state index in [1.807, 2.05) is 0 Å². The van der Waals surface area contributed by atoms with Gasteiger partial charge in [0.25, 0.3) is 0 Å². The molecular formula is C9H13BrO4. The normalized spacial score (nSPS) is 11.6. The van der Waals surface area contributed by atoms with Gasteiger partial charge in [0.05, 0.1) is 12.2 Å². The Balaban J connectivity index is 3.59. The molecule has 0 aromatic rings. The van der Waals surface area contributed by atoms with E-state index < -0.39 is 11.9 Å². The van der Waals surface area contributed by atoms with Gasteiger partial charge in [-0.25, -0.2) is 0 Å². The number of halogens is 1. The summed E-state index contributed by atoms with van der Waals surface area (Å²) < 4.78 is 9.40. The smallest absolute Gasteiger partial charge is 0.319 e. The average Bonchev–Trinajstić information content (AvgIpc) is 2.02. The molecule has 0 saturated carbocycles. The summed E-state index contributed by atoms with van der Waals surface area (Å²) in [6.07, 6.45) is 0.0400. The van der Waals surface area contributed by atoms with Crippen LogP contribution in [-0.4, -0.2) is 23.4 Å². The van der Waals surface area contributed by atoms with E-state index in [0.717, 1.165) is 0 Å². The molecule has 0 N–H and O–H groups in total. The molecule has 0 spiro atoms. The average molecular weight is 265 g/mol. The summed E-state index contributed by atoms with van der Waals surface area (Å²) in [6, 6.07) is 0. The monoisotopic (exact) mass is 264 g/mol. The summed E-state index contributed by atoms with van der Waals surface area (Å²) >= 11 is 3.04. The Bertz CT molecular complexity index is 235. The molecule has 0 aromatic carbocycles. The zero-order valence-corrected chi connectivity index (χ0v) is 9.80. The molecule has 0 fully saturated rings. The van der Waals surface area contributed by atoms with Crippen LogP contribution < -0.4 is 0 Å². The number of carbonyl (C=O) groups excluding carboxylic acids is 2. The van der Waals surface area contributed by atoms with E-state index in [-0.39, 0.29) is 17.9 Å². The molecule has 1 unspecified atom stereocenters. The lowest BCUT2D eigenvalue weighted by Crippen LogP contribution is -2.16. The summed E-state index contributed by atoms with van der Waals surface area (Å²) in [7, 11) is 0. The van der Waals surface area contributed by atoms with E-state index in [9.17, 15) is 9.59 Å². The van der Waals surface area contributed by atoms with Crippen molar-refractivity contribution in [1.29, 1.82) is 0 Å². The van der Waals surface area contributed by atoms with Crippen LogP contribution in [0.3, 0.4) is 0 Å². The summed E-state index contributed by atoms with van der Waals surface area (Å²) in [5, 5.41) is 0. The summed E-state index contributed by atoms with van der Waals surface area (Å²) in [6.45, 7) is 6.66. The van der Waals surface area contributed by atoms with Crippen LogP contribution in [0.25, 0.3) is 0 Å². The molecular weight excluding hydrogens is 252 g/mol. The Morgan fingerprint density at radius 2 is 2.07 bits per heavy atom. The van der Waals surface area contributed by atoms with Gasteiger partial charge in [0.2, 0.25) is 0 Å². The van der Waals surface area contributed by atoms with Gasteiger partial charge in [0, 0.05) is 0 Å². The summed E-state index contributed by atoms with van der Waals surface area (Å²) in [4.78, 5) is 21.5. The Kier molecular flexibility index (Phi) is 6.19. The predicted molar refractivity (Wildman–Crippen MR) is 54.9 cm³/mol. The topological polar surface area (TPSA) is 52.6 Å². The zero-order chi connectivity index (χ0) is 11.1. The Hall–Kier alpha value is -0.840. The number of carbonyl (C=O) groups is 2. The van der Waals surface area contributed by atoms with E-state index in [0.29, 0.717) is 5.76 Å². The van der Waals surface area contributed by atoms with Gasteiger partial charge < -0.3 is 9.47 Å². The van der Waals surface area contributed by atoms with E-state index in [1.165, 1.54) is 0 Å². The first-order chi connectivity index (χ1) is 6.43. The molecule has 80 valence electrons. The molecule has 0 aliphatic heterocycles. The molecule has 5 heteroatoms. The number of allylic oxidation sites excluding steroid dienone is 1. The highest BCUT2D eigenvalue weighted by Gasteiger charge is 2.11. The second-order valence-corrected chi connectivity index (χ2v) is 4.08. The van der Waals surface area contributed by atoms with Gasteiger partial charge in [0.1, 0.15) is 11.4 Å². The van der Waals surface area contributed by atoms with Crippen LogP contribution in [0, 0.1) is 0 Å². The maximum Gasteiger partial charge on any atom is 0.319 e. The van der Waals surface area contributed by atoms with Crippen LogP contribution in [0.4, 0.5) is 0 Å². The van der Waals surface area contributed by atoms with E-state index in [1.54, 1.807) is 13.8 Å². The number of ether oxygens (including phenoxy) is 2. The minimum absolute atomic E-state index is 0.0287. The third-order valence-electron chi connectivity index (χ3n) is 1.16. The molecule has 0 aliphatic carbocycles. The highest BCUT2D eigenvalue weighted by atomic mass is 79.9. The van der Waals surface area contributed by atoms with Gasteiger partial charge in [-0.3, -0.25) is 9.59 Å². The lowest BCUT2D eigenvalue weighted by Gasteiger charge is -2.05. The zero-order valence-electron chi connectivity index (χ0n) is 8.21. The molecule has 1 atom stereocenters. The summed E-state index contributed by atoms with van der Waals surface area (Å²) in [5.41, 5.74) is 0. The lowest BCUT2D eigenvalue weighted by atomic mass is 10.4. The van der Waals surface area contributed by atoms with E-state index >= 15 is 0 Å². The number of alkyl halides is 1. The van der Waals surface area contributed by atoms with Crippen molar-refractivity contribution in [3.63, 3.8) is 0 Å². The largest absolute Gasteiger partial charge is 0.464 e. The van der Waals surface area contributed by atoms with Gasteiger partial charge in [-0.2, -0.15) is 0 Å². The number of hydrogen-bond donors (Lipinski definition) is 0. The molecule has 14 heavy (non-hydrogen) atoms. The molecule has 0 rings (SSSR count). The molecule has 4 nitrogen and oxygen atoms in total. The molecule has 0 saturated heterocycles. The van der Waals surface area contributed by atoms with Crippen LogP contribution in [0.2, 0.25) is 0 Å². The van der Waals surface area contributed by atoms with E-state index in [4.69, 9.17) is 4.74 Å². The van der Waals surface area contributed by atoms with Gasteiger partial charge in [0.15, 0.2) is 0 Å². The lowest BCUT2D eigenvalue weighted by molar-refractivity contribution is -0.146. The van der Waals surface area contributed by atoms with Crippen molar-refractivity contribution < 1.29 is 19.1 Å². The van der Waals surface area contributed by atoms with Crippen molar-refractivity contribution in [2.24, 2.45) is 0 Å². The number of hydrogen-bond acceptors (Lipinski definition) is 4. The Morgan fingerprint density at radius 3 is 2.50 bits per heavy atom.